The molecule has 18 heavy (non-hydrogen) atoms. The van der Waals surface area contributed by atoms with Crippen LogP contribution in [0.4, 0.5) is 0 Å². The Labute approximate surface area is 109 Å². The molecule has 0 saturated carbocycles. The Kier molecular flexibility index (Phi) is 4.04. The molecule has 0 bridgehead atoms. The van der Waals surface area contributed by atoms with E-state index >= 15 is 0 Å². The summed E-state index contributed by atoms with van der Waals surface area (Å²) in [5.74, 6) is -0.796. The Morgan fingerprint density at radius 2 is 2.11 bits per heavy atom. The number of aromatic nitrogens is 2. The Morgan fingerprint density at radius 3 is 2.72 bits per heavy atom. The molecule has 0 unspecified atom stereocenters. The Morgan fingerprint density at radius 1 is 1.39 bits per heavy atom. The molecule has 1 aromatic carbocycles. The number of aryl methyl sites for hydroxylation is 1. The van der Waals surface area contributed by atoms with Gasteiger partial charge in [-0.3, -0.25) is 9.89 Å². The molecule has 0 fully saturated rings. The van der Waals surface area contributed by atoms with Crippen LogP contribution in [0.5, 0.6) is 0 Å². The van der Waals surface area contributed by atoms with E-state index in [9.17, 15) is 4.79 Å². The van der Waals surface area contributed by atoms with Gasteiger partial charge in [-0.1, -0.05) is 12.1 Å². The SMILES string of the molecule is CSc1ccc(-c2cc(CCC(=O)O)[nH]n2)cc1. The Bertz CT molecular complexity index is 534. The summed E-state index contributed by atoms with van der Waals surface area (Å²) in [7, 11) is 0. The summed E-state index contributed by atoms with van der Waals surface area (Å²) in [4.78, 5) is 11.7. The summed E-state index contributed by atoms with van der Waals surface area (Å²) in [6.07, 6.45) is 2.63. The van der Waals surface area contributed by atoms with E-state index in [4.69, 9.17) is 5.11 Å². The van der Waals surface area contributed by atoms with Crippen molar-refractivity contribution in [3.63, 3.8) is 0 Å². The number of carbonyl (C=O) groups is 1. The van der Waals surface area contributed by atoms with Crippen molar-refractivity contribution in [2.45, 2.75) is 17.7 Å². The lowest BCUT2D eigenvalue weighted by atomic mass is 10.1. The van der Waals surface area contributed by atoms with Gasteiger partial charge in [-0.15, -0.1) is 11.8 Å². The molecule has 2 rings (SSSR count). The van der Waals surface area contributed by atoms with Crippen LogP contribution in [0.2, 0.25) is 0 Å². The van der Waals surface area contributed by atoms with Crippen LogP contribution in [0, 0.1) is 0 Å². The average molecular weight is 262 g/mol. The van der Waals surface area contributed by atoms with Crippen LogP contribution in [-0.4, -0.2) is 27.5 Å². The van der Waals surface area contributed by atoms with E-state index in [1.165, 1.54) is 4.90 Å². The Hall–Kier alpha value is -1.75. The molecule has 0 saturated heterocycles. The molecule has 0 spiro atoms. The molecule has 1 heterocycles. The fourth-order valence-electron chi connectivity index (χ4n) is 1.64. The number of carboxylic acid groups (broad SMARTS) is 1. The lowest BCUT2D eigenvalue weighted by Gasteiger charge is -1.98. The first-order valence-electron chi connectivity index (χ1n) is 5.59. The van der Waals surface area contributed by atoms with Crippen LogP contribution in [0.1, 0.15) is 12.1 Å². The highest BCUT2D eigenvalue weighted by molar-refractivity contribution is 7.98. The van der Waals surface area contributed by atoms with E-state index in [1.807, 2.05) is 36.6 Å². The molecule has 4 nitrogen and oxygen atoms in total. The molecule has 0 atom stereocenters. The van der Waals surface area contributed by atoms with Crippen LogP contribution in [0.15, 0.2) is 35.2 Å². The van der Waals surface area contributed by atoms with Crippen LogP contribution in [0.3, 0.4) is 0 Å². The minimum Gasteiger partial charge on any atom is -0.481 e. The number of hydrogen-bond acceptors (Lipinski definition) is 3. The maximum atomic E-state index is 10.5. The number of benzene rings is 1. The smallest absolute Gasteiger partial charge is 0.303 e. The number of hydrogen-bond donors (Lipinski definition) is 2. The van der Waals surface area contributed by atoms with E-state index in [2.05, 4.69) is 10.2 Å². The first-order chi connectivity index (χ1) is 8.69. The molecular weight excluding hydrogens is 248 g/mol. The predicted molar refractivity (Wildman–Crippen MR) is 71.8 cm³/mol. The second-order valence-electron chi connectivity index (χ2n) is 3.90. The number of thioether (sulfide) groups is 1. The number of rotatable bonds is 5. The van der Waals surface area contributed by atoms with E-state index in [1.54, 1.807) is 11.8 Å². The van der Waals surface area contributed by atoms with E-state index in [0.29, 0.717) is 6.42 Å². The molecule has 0 aliphatic heterocycles. The van der Waals surface area contributed by atoms with Gasteiger partial charge in [0.15, 0.2) is 0 Å². The van der Waals surface area contributed by atoms with Crippen LogP contribution in [-0.2, 0) is 11.2 Å². The first-order valence-corrected chi connectivity index (χ1v) is 6.82. The zero-order valence-corrected chi connectivity index (χ0v) is 10.8. The summed E-state index contributed by atoms with van der Waals surface area (Å²) in [5.41, 5.74) is 2.73. The molecular formula is C13H14N2O2S. The van der Waals surface area contributed by atoms with Gasteiger partial charge >= 0.3 is 5.97 Å². The number of carboxylic acids is 1. The van der Waals surface area contributed by atoms with Gasteiger partial charge < -0.3 is 5.11 Å². The third kappa shape index (κ3) is 3.13. The van der Waals surface area contributed by atoms with Gasteiger partial charge in [0.05, 0.1) is 12.1 Å². The molecule has 1 aromatic heterocycles. The molecule has 0 aliphatic rings. The highest BCUT2D eigenvalue weighted by atomic mass is 32.2. The van der Waals surface area contributed by atoms with Crippen molar-refractivity contribution in [3.05, 3.63) is 36.0 Å². The number of aromatic amines is 1. The predicted octanol–water partition coefficient (Wildman–Crippen LogP) is 2.82. The van der Waals surface area contributed by atoms with Crippen molar-refractivity contribution >= 4 is 17.7 Å². The average Bonchev–Trinajstić information content (AvgIpc) is 2.85. The summed E-state index contributed by atoms with van der Waals surface area (Å²) in [6.45, 7) is 0. The minimum absolute atomic E-state index is 0.118. The second-order valence-corrected chi connectivity index (χ2v) is 4.78. The summed E-state index contributed by atoms with van der Waals surface area (Å²) >= 11 is 1.70. The van der Waals surface area contributed by atoms with E-state index in [-0.39, 0.29) is 6.42 Å². The maximum Gasteiger partial charge on any atom is 0.303 e. The van der Waals surface area contributed by atoms with Gasteiger partial charge in [-0.2, -0.15) is 5.10 Å². The monoisotopic (exact) mass is 262 g/mol. The van der Waals surface area contributed by atoms with Gasteiger partial charge in [-0.25, -0.2) is 0 Å². The second kappa shape index (κ2) is 5.73. The van der Waals surface area contributed by atoms with Gasteiger partial charge in [0.1, 0.15) is 0 Å². The summed E-state index contributed by atoms with van der Waals surface area (Å²) in [6, 6.07) is 10.0. The van der Waals surface area contributed by atoms with Crippen LogP contribution in [0.25, 0.3) is 11.3 Å². The lowest BCUT2D eigenvalue weighted by molar-refractivity contribution is -0.136. The molecule has 0 amide bonds. The van der Waals surface area contributed by atoms with E-state index < -0.39 is 5.97 Å². The molecule has 2 aromatic rings. The van der Waals surface area contributed by atoms with Gasteiger partial charge in [-0.05, 0) is 30.9 Å². The van der Waals surface area contributed by atoms with Crippen molar-refractivity contribution in [3.8, 4) is 11.3 Å². The van der Waals surface area contributed by atoms with Crippen molar-refractivity contribution in [1.82, 2.24) is 10.2 Å². The minimum atomic E-state index is -0.796. The topological polar surface area (TPSA) is 66.0 Å². The molecule has 0 radical (unpaired) electrons. The number of H-pyrrole nitrogens is 1. The maximum absolute atomic E-state index is 10.5. The summed E-state index contributed by atoms with van der Waals surface area (Å²) in [5, 5.41) is 15.7. The summed E-state index contributed by atoms with van der Waals surface area (Å²) < 4.78 is 0. The quantitative estimate of drug-likeness (QED) is 0.813. The standard InChI is InChI=1S/C13H14N2O2S/c1-18-11-5-2-9(3-6-11)12-8-10(14-15-12)4-7-13(16)17/h2-3,5-6,8H,4,7H2,1H3,(H,14,15)(H,16,17). The highest BCUT2D eigenvalue weighted by Gasteiger charge is 2.05. The van der Waals surface area contributed by atoms with Crippen molar-refractivity contribution in [2.24, 2.45) is 0 Å². The lowest BCUT2D eigenvalue weighted by Crippen LogP contribution is -1.97. The highest BCUT2D eigenvalue weighted by Crippen LogP contribution is 2.22. The number of nitrogens with zero attached hydrogens (tertiary/aromatic N) is 1. The van der Waals surface area contributed by atoms with Gasteiger partial charge in [0, 0.05) is 16.2 Å². The normalized spacial score (nSPS) is 10.5. The number of aliphatic carboxylic acids is 1. The van der Waals surface area contributed by atoms with Crippen LogP contribution >= 0.6 is 11.8 Å². The van der Waals surface area contributed by atoms with E-state index in [0.717, 1.165) is 17.0 Å². The van der Waals surface area contributed by atoms with Crippen molar-refractivity contribution in [2.75, 3.05) is 6.26 Å². The zero-order valence-electron chi connectivity index (χ0n) is 10.0. The first kappa shape index (κ1) is 12.7. The zero-order chi connectivity index (χ0) is 13.0. The third-order valence-electron chi connectivity index (χ3n) is 2.62. The molecule has 2 N–H and O–H groups in total. The molecule has 0 aliphatic carbocycles. The number of nitrogens with one attached hydrogen (secondary N) is 1. The largest absolute Gasteiger partial charge is 0.481 e. The van der Waals surface area contributed by atoms with Crippen molar-refractivity contribution < 1.29 is 9.90 Å². The molecule has 5 heteroatoms. The Balaban J connectivity index is 2.10. The fourth-order valence-corrected chi connectivity index (χ4v) is 2.05. The van der Waals surface area contributed by atoms with Gasteiger partial charge in [0.25, 0.3) is 0 Å². The molecule has 94 valence electrons. The van der Waals surface area contributed by atoms with Gasteiger partial charge in [0.2, 0.25) is 0 Å². The fraction of sp³-hybridized carbons (Fsp3) is 0.231. The van der Waals surface area contributed by atoms with Crippen molar-refractivity contribution in [1.29, 1.82) is 0 Å². The van der Waals surface area contributed by atoms with Crippen LogP contribution < -0.4 is 0 Å². The third-order valence-corrected chi connectivity index (χ3v) is 3.37.